The molecule has 0 radical (unpaired) electrons. The first-order valence-corrected chi connectivity index (χ1v) is 7.42. The number of rotatable bonds is 10. The maximum absolute atomic E-state index is 11.9. The predicted molar refractivity (Wildman–Crippen MR) is 82.2 cm³/mol. The van der Waals surface area contributed by atoms with Crippen molar-refractivity contribution in [2.24, 2.45) is 0 Å². The Hall–Kier alpha value is -2.24. The number of benzene rings is 1. The molecule has 1 amide bonds. The molecule has 0 saturated carbocycles. The fourth-order valence-corrected chi connectivity index (χ4v) is 2.04. The van der Waals surface area contributed by atoms with E-state index < -0.39 is 5.97 Å². The molecule has 6 heteroatoms. The Kier molecular flexibility index (Phi) is 7.81. The van der Waals surface area contributed by atoms with Crippen LogP contribution in [0.15, 0.2) is 24.3 Å². The van der Waals surface area contributed by atoms with Crippen LogP contribution in [0, 0.1) is 0 Å². The topological polar surface area (TPSA) is 84.9 Å². The van der Waals surface area contributed by atoms with E-state index in [1.165, 1.54) is 0 Å². The zero-order chi connectivity index (χ0) is 16.4. The molecule has 0 aliphatic carbocycles. The van der Waals surface area contributed by atoms with Gasteiger partial charge in [-0.25, -0.2) is 0 Å². The van der Waals surface area contributed by atoms with Crippen molar-refractivity contribution in [3.63, 3.8) is 0 Å². The van der Waals surface area contributed by atoms with E-state index in [0.29, 0.717) is 24.5 Å². The van der Waals surface area contributed by atoms with Gasteiger partial charge in [-0.3, -0.25) is 9.59 Å². The molecule has 122 valence electrons. The summed E-state index contributed by atoms with van der Waals surface area (Å²) in [5.74, 6) is -0.203. The lowest BCUT2D eigenvalue weighted by atomic mass is 10.1. The van der Waals surface area contributed by atoms with Gasteiger partial charge in [0.1, 0.15) is 0 Å². The van der Waals surface area contributed by atoms with Crippen LogP contribution in [-0.4, -0.2) is 36.2 Å². The van der Waals surface area contributed by atoms with Crippen molar-refractivity contribution >= 4 is 11.9 Å². The van der Waals surface area contributed by atoms with Crippen molar-refractivity contribution in [2.75, 3.05) is 13.2 Å². The highest BCUT2D eigenvalue weighted by Crippen LogP contribution is 2.26. The lowest BCUT2D eigenvalue weighted by Crippen LogP contribution is -2.39. The molecule has 0 aromatic heterocycles. The molecular weight excluding hydrogens is 286 g/mol. The standard InChI is InChI=1S/C16H23NO5/c1-3-7-12(10-16(19)20)17-15(18)11-22-14-9-6-5-8-13(14)21-4-2/h5-6,8-9,12H,3-4,7,10-11H2,1-2H3,(H,17,18)(H,19,20). The maximum Gasteiger partial charge on any atom is 0.305 e. The van der Waals surface area contributed by atoms with Crippen LogP contribution in [0.4, 0.5) is 0 Å². The third-order valence-electron chi connectivity index (χ3n) is 2.93. The summed E-state index contributed by atoms with van der Waals surface area (Å²) < 4.78 is 10.9. The van der Waals surface area contributed by atoms with Gasteiger partial charge in [0.2, 0.25) is 0 Å². The monoisotopic (exact) mass is 309 g/mol. The van der Waals surface area contributed by atoms with Crippen LogP contribution in [0.3, 0.4) is 0 Å². The minimum absolute atomic E-state index is 0.0882. The van der Waals surface area contributed by atoms with Crippen molar-refractivity contribution in [3.8, 4) is 11.5 Å². The number of para-hydroxylation sites is 2. The van der Waals surface area contributed by atoms with Crippen molar-refractivity contribution < 1.29 is 24.2 Å². The second-order valence-electron chi connectivity index (χ2n) is 4.82. The van der Waals surface area contributed by atoms with Gasteiger partial charge in [0.15, 0.2) is 18.1 Å². The summed E-state index contributed by atoms with van der Waals surface area (Å²) in [6, 6.07) is 6.73. The van der Waals surface area contributed by atoms with E-state index in [4.69, 9.17) is 14.6 Å². The zero-order valence-corrected chi connectivity index (χ0v) is 13.0. The highest BCUT2D eigenvalue weighted by Gasteiger charge is 2.16. The first-order chi connectivity index (χ1) is 10.6. The normalized spacial score (nSPS) is 11.5. The lowest BCUT2D eigenvalue weighted by Gasteiger charge is -2.17. The van der Waals surface area contributed by atoms with Crippen molar-refractivity contribution in [2.45, 2.75) is 39.2 Å². The summed E-state index contributed by atoms with van der Waals surface area (Å²) in [6.07, 6.45) is 1.33. The molecule has 0 fully saturated rings. The van der Waals surface area contributed by atoms with Gasteiger partial charge in [-0.05, 0) is 25.5 Å². The van der Waals surface area contributed by atoms with Gasteiger partial charge in [-0.1, -0.05) is 25.5 Å². The van der Waals surface area contributed by atoms with Crippen LogP contribution in [-0.2, 0) is 9.59 Å². The Morgan fingerprint density at radius 1 is 1.18 bits per heavy atom. The largest absolute Gasteiger partial charge is 0.490 e. The Morgan fingerprint density at radius 2 is 1.82 bits per heavy atom. The summed E-state index contributed by atoms with van der Waals surface area (Å²) in [4.78, 5) is 22.6. The van der Waals surface area contributed by atoms with Crippen LogP contribution in [0.5, 0.6) is 11.5 Å². The van der Waals surface area contributed by atoms with Crippen LogP contribution < -0.4 is 14.8 Å². The van der Waals surface area contributed by atoms with E-state index in [1.807, 2.05) is 19.9 Å². The minimum Gasteiger partial charge on any atom is -0.490 e. The summed E-state index contributed by atoms with van der Waals surface area (Å²) in [5.41, 5.74) is 0. The van der Waals surface area contributed by atoms with Crippen molar-refractivity contribution in [1.29, 1.82) is 0 Å². The van der Waals surface area contributed by atoms with E-state index in [-0.39, 0.29) is 25.0 Å². The van der Waals surface area contributed by atoms with Gasteiger partial charge in [0.05, 0.1) is 13.0 Å². The Balaban J connectivity index is 2.52. The van der Waals surface area contributed by atoms with Crippen LogP contribution in [0.25, 0.3) is 0 Å². The van der Waals surface area contributed by atoms with E-state index >= 15 is 0 Å². The van der Waals surface area contributed by atoms with Gasteiger partial charge < -0.3 is 19.9 Å². The molecule has 0 aliphatic rings. The Morgan fingerprint density at radius 3 is 2.36 bits per heavy atom. The number of nitrogens with one attached hydrogen (secondary N) is 1. The fourth-order valence-electron chi connectivity index (χ4n) is 2.04. The first-order valence-electron chi connectivity index (χ1n) is 7.42. The molecule has 2 N–H and O–H groups in total. The highest BCUT2D eigenvalue weighted by atomic mass is 16.5. The number of carbonyl (C=O) groups is 2. The molecule has 6 nitrogen and oxygen atoms in total. The number of carboxylic acid groups (broad SMARTS) is 1. The van der Waals surface area contributed by atoms with Gasteiger partial charge >= 0.3 is 5.97 Å². The SMILES string of the molecule is CCCC(CC(=O)O)NC(=O)COc1ccccc1OCC. The number of amides is 1. The molecule has 0 spiro atoms. The van der Waals surface area contributed by atoms with Crippen molar-refractivity contribution in [1.82, 2.24) is 5.32 Å². The van der Waals surface area contributed by atoms with Gasteiger partial charge in [0.25, 0.3) is 5.91 Å². The highest BCUT2D eigenvalue weighted by molar-refractivity contribution is 5.78. The smallest absolute Gasteiger partial charge is 0.305 e. The number of hydrogen-bond donors (Lipinski definition) is 2. The average molecular weight is 309 g/mol. The molecule has 1 atom stereocenters. The molecule has 1 unspecified atom stereocenters. The van der Waals surface area contributed by atoms with E-state index in [9.17, 15) is 9.59 Å². The molecule has 0 saturated heterocycles. The minimum atomic E-state index is -0.929. The molecule has 0 heterocycles. The lowest BCUT2D eigenvalue weighted by molar-refractivity contribution is -0.137. The maximum atomic E-state index is 11.9. The zero-order valence-electron chi connectivity index (χ0n) is 13.0. The number of ether oxygens (including phenoxy) is 2. The molecule has 1 aromatic carbocycles. The molecule has 0 aliphatic heterocycles. The van der Waals surface area contributed by atoms with Gasteiger partial charge in [-0.2, -0.15) is 0 Å². The molecule has 1 rings (SSSR count). The summed E-state index contributed by atoms with van der Waals surface area (Å²) in [6.45, 7) is 4.13. The second-order valence-corrected chi connectivity index (χ2v) is 4.82. The Bertz CT molecular complexity index is 489. The second kappa shape index (κ2) is 9.65. The first kappa shape index (κ1) is 17.8. The van der Waals surface area contributed by atoms with Crippen LogP contribution in [0.1, 0.15) is 33.1 Å². The third-order valence-corrected chi connectivity index (χ3v) is 2.93. The van der Waals surface area contributed by atoms with Crippen LogP contribution >= 0.6 is 0 Å². The van der Waals surface area contributed by atoms with E-state index in [2.05, 4.69) is 5.32 Å². The van der Waals surface area contributed by atoms with Gasteiger partial charge in [0, 0.05) is 6.04 Å². The summed E-state index contributed by atoms with van der Waals surface area (Å²) in [5, 5.41) is 11.5. The summed E-state index contributed by atoms with van der Waals surface area (Å²) in [7, 11) is 0. The predicted octanol–water partition coefficient (Wildman–Crippen LogP) is 2.22. The molecule has 22 heavy (non-hydrogen) atoms. The van der Waals surface area contributed by atoms with Gasteiger partial charge in [-0.15, -0.1) is 0 Å². The molecule has 1 aromatic rings. The van der Waals surface area contributed by atoms with E-state index in [1.54, 1.807) is 18.2 Å². The number of aliphatic carboxylic acids is 1. The fraction of sp³-hybridized carbons (Fsp3) is 0.500. The summed E-state index contributed by atoms with van der Waals surface area (Å²) >= 11 is 0. The number of carboxylic acids is 1. The number of carbonyl (C=O) groups excluding carboxylic acids is 1. The van der Waals surface area contributed by atoms with Crippen molar-refractivity contribution in [3.05, 3.63) is 24.3 Å². The van der Waals surface area contributed by atoms with Crippen LogP contribution in [0.2, 0.25) is 0 Å². The third kappa shape index (κ3) is 6.47. The van der Waals surface area contributed by atoms with E-state index in [0.717, 1.165) is 6.42 Å². The molecule has 0 bridgehead atoms. The number of hydrogen-bond acceptors (Lipinski definition) is 4. The average Bonchev–Trinajstić information content (AvgIpc) is 2.46. The molecular formula is C16H23NO5. The Labute approximate surface area is 130 Å². The quantitative estimate of drug-likeness (QED) is 0.692.